The number of phenolic OH excluding ortho intramolecular Hbond substituents is 1. The Morgan fingerprint density at radius 2 is 2.10 bits per heavy atom. The average Bonchev–Trinajstić information content (AvgIpc) is 3.01. The molecule has 3 rings (SSSR count). The maximum absolute atomic E-state index is 12.4. The molecule has 0 fully saturated rings. The maximum Gasteiger partial charge on any atom is 0.271 e. The summed E-state index contributed by atoms with van der Waals surface area (Å²) in [4.78, 5) is 12.4. The molecule has 8 heteroatoms. The lowest BCUT2D eigenvalue weighted by Gasteiger charge is -2.07. The molecular formula is C21H21BrN4O3. The van der Waals surface area contributed by atoms with Gasteiger partial charge in [0.15, 0.2) is 11.5 Å². The number of amides is 1. The largest absolute Gasteiger partial charge is 0.503 e. The zero-order chi connectivity index (χ0) is 21.0. The second kappa shape index (κ2) is 8.91. The standard InChI is InChI=1S/C21H21BrN4O3/c1-13-7-14(2)26(25-13)12-15-5-4-6-17(8-15)21(28)24-23-11-16-9-18(22)20(27)19(10-16)29-3/h4-11,27H,12H2,1-3H3,(H,24,28)/b23-11-. The molecule has 2 aromatic carbocycles. The van der Waals surface area contributed by atoms with E-state index >= 15 is 0 Å². The summed E-state index contributed by atoms with van der Waals surface area (Å²) < 4.78 is 7.48. The van der Waals surface area contributed by atoms with Crippen molar-refractivity contribution < 1.29 is 14.6 Å². The third-order valence-corrected chi connectivity index (χ3v) is 4.88. The minimum atomic E-state index is -0.318. The number of nitrogens with one attached hydrogen (secondary N) is 1. The van der Waals surface area contributed by atoms with Gasteiger partial charge in [-0.2, -0.15) is 10.2 Å². The van der Waals surface area contributed by atoms with Crippen molar-refractivity contribution in [2.75, 3.05) is 7.11 Å². The molecule has 1 heterocycles. The highest BCUT2D eigenvalue weighted by atomic mass is 79.9. The SMILES string of the molecule is COc1cc(/C=N\NC(=O)c2cccc(Cn3nc(C)cc3C)c2)cc(Br)c1O. The fourth-order valence-corrected chi connectivity index (χ4v) is 3.33. The number of ether oxygens (including phenoxy) is 1. The number of methoxy groups -OCH3 is 1. The van der Waals surface area contributed by atoms with Gasteiger partial charge in [-0.25, -0.2) is 5.43 Å². The lowest BCUT2D eigenvalue weighted by molar-refractivity contribution is 0.0955. The Labute approximate surface area is 177 Å². The van der Waals surface area contributed by atoms with E-state index in [0.29, 0.717) is 27.9 Å². The van der Waals surface area contributed by atoms with Crippen LogP contribution in [-0.2, 0) is 6.54 Å². The predicted octanol–water partition coefficient (Wildman–Crippen LogP) is 3.79. The van der Waals surface area contributed by atoms with Crippen molar-refractivity contribution in [3.05, 3.63) is 75.0 Å². The quantitative estimate of drug-likeness (QED) is 0.436. The molecule has 7 nitrogen and oxygen atoms in total. The highest BCUT2D eigenvalue weighted by Crippen LogP contribution is 2.34. The summed E-state index contributed by atoms with van der Waals surface area (Å²) in [6, 6.07) is 12.6. The first-order valence-corrected chi connectivity index (χ1v) is 9.66. The van der Waals surface area contributed by atoms with Crippen molar-refractivity contribution in [3.63, 3.8) is 0 Å². The summed E-state index contributed by atoms with van der Waals surface area (Å²) in [5.74, 6) is -0.00149. The normalized spacial score (nSPS) is 11.0. The summed E-state index contributed by atoms with van der Waals surface area (Å²) in [6.45, 7) is 4.54. The topological polar surface area (TPSA) is 88.7 Å². The molecule has 1 amide bonds. The van der Waals surface area contributed by atoms with Crippen LogP contribution in [0.1, 0.15) is 32.9 Å². The molecule has 150 valence electrons. The summed E-state index contributed by atoms with van der Waals surface area (Å²) >= 11 is 3.25. The van der Waals surface area contributed by atoms with Crippen LogP contribution in [0.15, 0.2) is 52.0 Å². The van der Waals surface area contributed by atoms with E-state index in [1.54, 1.807) is 18.2 Å². The van der Waals surface area contributed by atoms with Crippen LogP contribution in [0.4, 0.5) is 0 Å². The maximum atomic E-state index is 12.4. The van der Waals surface area contributed by atoms with E-state index in [4.69, 9.17) is 4.74 Å². The van der Waals surface area contributed by atoms with Crippen LogP contribution >= 0.6 is 15.9 Å². The fraction of sp³-hybridized carbons (Fsp3) is 0.190. The van der Waals surface area contributed by atoms with Crippen LogP contribution in [0.3, 0.4) is 0 Å². The molecule has 0 radical (unpaired) electrons. The Balaban J connectivity index is 1.69. The Hall–Kier alpha value is -3.13. The Kier molecular flexibility index (Phi) is 6.33. The van der Waals surface area contributed by atoms with Crippen molar-refractivity contribution in [2.45, 2.75) is 20.4 Å². The van der Waals surface area contributed by atoms with Crippen molar-refractivity contribution in [3.8, 4) is 11.5 Å². The third kappa shape index (κ3) is 5.03. The van der Waals surface area contributed by atoms with Crippen LogP contribution in [0, 0.1) is 13.8 Å². The number of halogens is 1. The number of benzene rings is 2. The lowest BCUT2D eigenvalue weighted by atomic mass is 10.1. The number of carbonyl (C=O) groups excluding carboxylic acids is 1. The van der Waals surface area contributed by atoms with E-state index in [-0.39, 0.29) is 11.7 Å². The molecule has 0 spiro atoms. The summed E-state index contributed by atoms with van der Waals surface area (Å²) in [5, 5.41) is 18.3. The van der Waals surface area contributed by atoms with E-state index in [1.165, 1.54) is 13.3 Å². The smallest absolute Gasteiger partial charge is 0.271 e. The monoisotopic (exact) mass is 456 g/mol. The molecule has 29 heavy (non-hydrogen) atoms. The van der Waals surface area contributed by atoms with Crippen LogP contribution < -0.4 is 10.2 Å². The minimum absolute atomic E-state index is 0.00751. The van der Waals surface area contributed by atoms with Crippen LogP contribution in [0.2, 0.25) is 0 Å². The summed E-state index contributed by atoms with van der Waals surface area (Å²) in [7, 11) is 1.46. The molecule has 3 aromatic rings. The number of nitrogens with zero attached hydrogens (tertiary/aromatic N) is 3. The Bertz CT molecular complexity index is 1080. The molecule has 0 saturated heterocycles. The van der Waals surface area contributed by atoms with E-state index in [9.17, 15) is 9.90 Å². The number of hydrogen-bond acceptors (Lipinski definition) is 5. The van der Waals surface area contributed by atoms with Crippen LogP contribution in [-0.4, -0.2) is 34.1 Å². The highest BCUT2D eigenvalue weighted by Gasteiger charge is 2.09. The number of hydrogen-bond donors (Lipinski definition) is 2. The molecule has 1 aromatic heterocycles. The first-order chi connectivity index (χ1) is 13.9. The van der Waals surface area contributed by atoms with Gasteiger partial charge in [-0.1, -0.05) is 12.1 Å². The van der Waals surface area contributed by atoms with E-state index in [2.05, 4.69) is 31.6 Å². The second-order valence-electron chi connectivity index (χ2n) is 6.54. The number of rotatable bonds is 6. The molecule has 0 aliphatic heterocycles. The summed E-state index contributed by atoms with van der Waals surface area (Å²) in [6.07, 6.45) is 1.48. The van der Waals surface area contributed by atoms with E-state index in [0.717, 1.165) is 17.0 Å². The molecule has 0 aliphatic carbocycles. The Morgan fingerprint density at radius 3 is 2.79 bits per heavy atom. The first kappa shape index (κ1) is 20.6. The van der Waals surface area contributed by atoms with Gasteiger partial charge in [0.1, 0.15) is 0 Å². The zero-order valence-corrected chi connectivity index (χ0v) is 17.9. The van der Waals surface area contributed by atoms with E-state index < -0.39 is 0 Å². The van der Waals surface area contributed by atoms with Crippen molar-refractivity contribution in [1.82, 2.24) is 15.2 Å². The molecular weight excluding hydrogens is 436 g/mol. The number of carbonyl (C=O) groups is 1. The highest BCUT2D eigenvalue weighted by molar-refractivity contribution is 9.10. The minimum Gasteiger partial charge on any atom is -0.503 e. The molecule has 0 aliphatic rings. The molecule has 0 bridgehead atoms. The lowest BCUT2D eigenvalue weighted by Crippen LogP contribution is -2.18. The molecule has 2 N–H and O–H groups in total. The van der Waals surface area contributed by atoms with Crippen molar-refractivity contribution in [2.24, 2.45) is 5.10 Å². The Morgan fingerprint density at radius 1 is 1.31 bits per heavy atom. The third-order valence-electron chi connectivity index (χ3n) is 4.28. The molecule has 0 atom stereocenters. The number of hydrazone groups is 1. The van der Waals surface area contributed by atoms with Crippen LogP contribution in [0.5, 0.6) is 11.5 Å². The van der Waals surface area contributed by atoms with Crippen molar-refractivity contribution >= 4 is 28.1 Å². The van der Waals surface area contributed by atoms with Gasteiger partial charge in [0.2, 0.25) is 0 Å². The fourth-order valence-electron chi connectivity index (χ4n) is 2.87. The summed E-state index contributed by atoms with van der Waals surface area (Å²) in [5.41, 5.74) is 6.68. The zero-order valence-electron chi connectivity index (χ0n) is 16.3. The number of aryl methyl sites for hydroxylation is 2. The van der Waals surface area contributed by atoms with Gasteiger partial charge in [-0.05, 0) is 71.2 Å². The van der Waals surface area contributed by atoms with Gasteiger partial charge in [-0.3, -0.25) is 9.48 Å². The first-order valence-electron chi connectivity index (χ1n) is 8.87. The van der Waals surface area contributed by atoms with Crippen molar-refractivity contribution in [1.29, 1.82) is 0 Å². The number of aromatic nitrogens is 2. The van der Waals surface area contributed by atoms with Gasteiger partial charge >= 0.3 is 0 Å². The molecule has 0 unspecified atom stereocenters. The number of phenols is 1. The van der Waals surface area contributed by atoms with Gasteiger partial charge in [0.05, 0.1) is 30.0 Å². The van der Waals surface area contributed by atoms with Gasteiger partial charge in [0.25, 0.3) is 5.91 Å². The van der Waals surface area contributed by atoms with Gasteiger partial charge < -0.3 is 9.84 Å². The average molecular weight is 457 g/mol. The molecule has 0 saturated carbocycles. The predicted molar refractivity (Wildman–Crippen MR) is 115 cm³/mol. The van der Waals surface area contributed by atoms with Gasteiger partial charge in [0, 0.05) is 11.3 Å². The number of aromatic hydroxyl groups is 1. The van der Waals surface area contributed by atoms with E-state index in [1.807, 2.05) is 42.8 Å². The second-order valence-corrected chi connectivity index (χ2v) is 7.39. The van der Waals surface area contributed by atoms with Gasteiger partial charge in [-0.15, -0.1) is 0 Å². The van der Waals surface area contributed by atoms with Crippen LogP contribution in [0.25, 0.3) is 0 Å².